The molecule has 0 spiro atoms. The number of halogens is 1. The summed E-state index contributed by atoms with van der Waals surface area (Å²) in [4.78, 5) is 2.27. The van der Waals surface area contributed by atoms with E-state index >= 15 is 0 Å². The highest BCUT2D eigenvalue weighted by Crippen LogP contribution is 2.40. The van der Waals surface area contributed by atoms with Crippen LogP contribution in [0.1, 0.15) is 18.1 Å². The second kappa shape index (κ2) is 8.61. The Balaban J connectivity index is 2.44. The van der Waals surface area contributed by atoms with Crippen LogP contribution >= 0.6 is 15.9 Å². The highest BCUT2D eigenvalue weighted by Gasteiger charge is 2.40. The molecular weight excluding hydrogens is 362 g/mol. The quantitative estimate of drug-likeness (QED) is 0.627. The normalized spacial score (nSPS) is 13.0. The lowest BCUT2D eigenvalue weighted by Crippen LogP contribution is -2.42. The van der Waals surface area contributed by atoms with Gasteiger partial charge in [0, 0.05) is 30.6 Å². The number of benzene rings is 2. The summed E-state index contributed by atoms with van der Waals surface area (Å²) in [7, 11) is 3.92. The monoisotopic (exact) mass is 387 g/mol. The molecule has 0 amide bonds. The van der Waals surface area contributed by atoms with Gasteiger partial charge in [-0.2, -0.15) is 0 Å². The van der Waals surface area contributed by atoms with E-state index in [-0.39, 0.29) is 5.92 Å². The highest BCUT2D eigenvalue weighted by molar-refractivity contribution is 9.11. The van der Waals surface area contributed by atoms with Crippen LogP contribution in [0.5, 0.6) is 0 Å². The summed E-state index contributed by atoms with van der Waals surface area (Å²) >= 11 is 3.45. The number of likely N-dealkylation sites (N-methyl/N-ethyl adjacent to an activating group) is 1. The molecule has 2 aromatic carbocycles. The topological polar surface area (TPSA) is 12.5 Å². The molecule has 1 unspecified atom stereocenters. The van der Waals surface area contributed by atoms with Crippen LogP contribution in [0.3, 0.4) is 0 Å². The molecule has 2 rings (SSSR count). The Morgan fingerprint density at radius 2 is 1.54 bits per heavy atom. The van der Waals surface area contributed by atoms with Crippen molar-refractivity contribution in [2.75, 3.05) is 27.2 Å². The lowest BCUT2D eigenvalue weighted by molar-refractivity contribution is -0.0315. The van der Waals surface area contributed by atoms with Gasteiger partial charge in [0.15, 0.2) is 0 Å². The lowest BCUT2D eigenvalue weighted by Gasteiger charge is -2.40. The molecule has 0 saturated heterocycles. The lowest BCUT2D eigenvalue weighted by atomic mass is 9.76. The van der Waals surface area contributed by atoms with Crippen LogP contribution in [0, 0.1) is 5.92 Å². The molecule has 2 nitrogen and oxygen atoms in total. The number of hydrogen-bond acceptors (Lipinski definition) is 2. The third-order valence-corrected chi connectivity index (χ3v) is 4.70. The van der Waals surface area contributed by atoms with E-state index < -0.39 is 5.60 Å². The van der Waals surface area contributed by atoms with Crippen LogP contribution < -0.4 is 0 Å². The van der Waals surface area contributed by atoms with Crippen molar-refractivity contribution >= 4 is 15.9 Å². The maximum absolute atomic E-state index is 6.22. The third-order valence-electron chi connectivity index (χ3n) is 4.45. The Bertz CT molecular complexity index is 602. The summed E-state index contributed by atoms with van der Waals surface area (Å²) in [5, 5.41) is 0. The van der Waals surface area contributed by atoms with E-state index in [1.165, 1.54) is 11.1 Å². The Kier molecular flexibility index (Phi) is 6.79. The minimum atomic E-state index is -0.482. The Morgan fingerprint density at radius 3 is 1.92 bits per heavy atom. The van der Waals surface area contributed by atoms with Crippen LogP contribution in [0.2, 0.25) is 0 Å². The molecule has 128 valence electrons. The smallest absolute Gasteiger partial charge is 0.121 e. The molecule has 0 radical (unpaired) electrons. The molecule has 0 heterocycles. The van der Waals surface area contributed by atoms with E-state index in [9.17, 15) is 0 Å². The van der Waals surface area contributed by atoms with Crippen molar-refractivity contribution < 1.29 is 4.74 Å². The summed E-state index contributed by atoms with van der Waals surface area (Å²) in [6.45, 7) is 7.90. The van der Waals surface area contributed by atoms with Crippen molar-refractivity contribution in [3.05, 3.63) is 82.9 Å². The van der Waals surface area contributed by atoms with Gasteiger partial charge in [-0.25, -0.2) is 0 Å². The van der Waals surface area contributed by atoms with Crippen LogP contribution in [0.15, 0.2) is 71.7 Å². The van der Waals surface area contributed by atoms with Crippen molar-refractivity contribution in [3.63, 3.8) is 0 Å². The minimum Gasteiger partial charge on any atom is -0.368 e. The molecule has 0 fully saturated rings. The Labute approximate surface area is 154 Å². The molecule has 24 heavy (non-hydrogen) atoms. The molecule has 2 aromatic rings. The van der Waals surface area contributed by atoms with Crippen LogP contribution in [-0.2, 0) is 10.3 Å². The second-order valence-electron chi connectivity index (χ2n) is 6.29. The van der Waals surface area contributed by atoms with Gasteiger partial charge in [0.2, 0.25) is 0 Å². The van der Waals surface area contributed by atoms with E-state index in [4.69, 9.17) is 4.74 Å². The van der Waals surface area contributed by atoms with Gasteiger partial charge in [0.1, 0.15) is 5.60 Å². The number of rotatable bonds is 8. The molecule has 0 bridgehead atoms. The number of hydrogen-bond donors (Lipinski definition) is 0. The maximum Gasteiger partial charge on any atom is 0.121 e. The summed E-state index contributed by atoms with van der Waals surface area (Å²) in [5.74, 6) is 0.254. The molecule has 3 heteroatoms. The van der Waals surface area contributed by atoms with Gasteiger partial charge in [-0.15, -0.1) is 0 Å². The summed E-state index contributed by atoms with van der Waals surface area (Å²) in [6.07, 6.45) is 0. The SMILES string of the molecule is C=C(Br)CN(C)CC(C)C(OC)(c1ccccc1)c1ccccc1. The Hall–Kier alpha value is -1.42. The first-order chi connectivity index (χ1) is 11.5. The molecule has 0 aliphatic rings. The summed E-state index contributed by atoms with van der Waals surface area (Å²) < 4.78 is 7.20. The van der Waals surface area contributed by atoms with E-state index in [2.05, 4.69) is 89.9 Å². The van der Waals surface area contributed by atoms with Crippen LogP contribution in [0.4, 0.5) is 0 Å². The van der Waals surface area contributed by atoms with Crippen molar-refractivity contribution in [2.24, 2.45) is 5.92 Å². The van der Waals surface area contributed by atoms with Gasteiger partial charge in [-0.05, 0) is 18.2 Å². The maximum atomic E-state index is 6.22. The minimum absolute atomic E-state index is 0.254. The Morgan fingerprint density at radius 1 is 1.08 bits per heavy atom. The fourth-order valence-electron chi connectivity index (χ4n) is 3.50. The molecular formula is C21H26BrNO. The average molecular weight is 388 g/mol. The molecule has 0 aromatic heterocycles. The zero-order chi connectivity index (χ0) is 17.6. The standard InChI is InChI=1S/C21H26BrNO/c1-17(15-23(3)16-18(2)22)21(24-4,19-11-7-5-8-12-19)20-13-9-6-10-14-20/h5-14,17H,2,15-16H2,1,3-4H3. The second-order valence-corrected chi connectivity index (χ2v) is 7.41. The molecule has 0 aliphatic heterocycles. The van der Waals surface area contributed by atoms with Gasteiger partial charge in [-0.3, -0.25) is 0 Å². The predicted octanol–water partition coefficient (Wildman–Crippen LogP) is 5.05. The first kappa shape index (κ1) is 18.9. The number of ether oxygens (including phenoxy) is 1. The molecule has 1 atom stereocenters. The van der Waals surface area contributed by atoms with Gasteiger partial charge < -0.3 is 9.64 Å². The summed E-state index contributed by atoms with van der Waals surface area (Å²) in [6, 6.07) is 21.0. The van der Waals surface area contributed by atoms with Gasteiger partial charge in [0.25, 0.3) is 0 Å². The zero-order valence-electron chi connectivity index (χ0n) is 14.7. The average Bonchev–Trinajstić information content (AvgIpc) is 2.57. The van der Waals surface area contributed by atoms with Crippen molar-refractivity contribution in [3.8, 4) is 0 Å². The predicted molar refractivity (Wildman–Crippen MR) is 105 cm³/mol. The highest BCUT2D eigenvalue weighted by atomic mass is 79.9. The molecule has 0 N–H and O–H groups in total. The van der Waals surface area contributed by atoms with E-state index in [1.54, 1.807) is 7.11 Å². The number of nitrogens with zero attached hydrogens (tertiary/aromatic N) is 1. The van der Waals surface area contributed by atoms with Crippen molar-refractivity contribution in [1.82, 2.24) is 4.90 Å². The first-order valence-electron chi connectivity index (χ1n) is 8.18. The van der Waals surface area contributed by atoms with Crippen LogP contribution in [-0.4, -0.2) is 32.1 Å². The van der Waals surface area contributed by atoms with E-state index in [1.807, 2.05) is 12.1 Å². The fraction of sp³-hybridized carbons (Fsp3) is 0.333. The number of methoxy groups -OCH3 is 1. The largest absolute Gasteiger partial charge is 0.368 e. The third kappa shape index (κ3) is 4.15. The molecule has 0 aliphatic carbocycles. The van der Waals surface area contributed by atoms with Gasteiger partial charge in [0.05, 0.1) is 0 Å². The van der Waals surface area contributed by atoms with Gasteiger partial charge >= 0.3 is 0 Å². The van der Waals surface area contributed by atoms with Crippen molar-refractivity contribution in [2.45, 2.75) is 12.5 Å². The van der Waals surface area contributed by atoms with E-state index in [0.717, 1.165) is 17.6 Å². The van der Waals surface area contributed by atoms with Gasteiger partial charge in [-0.1, -0.05) is 90.1 Å². The molecule has 0 saturated carbocycles. The zero-order valence-corrected chi connectivity index (χ0v) is 16.3. The van der Waals surface area contributed by atoms with E-state index in [0.29, 0.717) is 0 Å². The fourth-order valence-corrected chi connectivity index (χ4v) is 3.93. The van der Waals surface area contributed by atoms with Crippen molar-refractivity contribution in [1.29, 1.82) is 0 Å². The summed E-state index contributed by atoms with van der Waals surface area (Å²) in [5.41, 5.74) is 1.87. The first-order valence-corrected chi connectivity index (χ1v) is 8.98. The van der Waals surface area contributed by atoms with Crippen LogP contribution in [0.25, 0.3) is 0 Å².